The smallest absolute Gasteiger partial charge is 0.217 e. The third-order valence-electron chi connectivity index (χ3n) is 3.44. The van der Waals surface area contributed by atoms with Crippen LogP contribution in [0.2, 0.25) is 5.02 Å². The molecular weight excluding hydrogens is 572 g/mol. The molecule has 0 saturated carbocycles. The Bertz CT molecular complexity index is 1020. The molecule has 0 aliphatic carbocycles. The average Bonchev–Trinajstić information content (AvgIpc) is 2.53. The van der Waals surface area contributed by atoms with E-state index in [0.29, 0.717) is 6.07 Å². The zero-order valence-corrected chi connectivity index (χ0v) is 17.6. The normalized spacial score (nSPS) is 13.6. The number of hydrogen-bond acceptors (Lipinski definition) is 2. The van der Waals surface area contributed by atoms with Crippen LogP contribution in [0, 0.1) is 6.07 Å². The molecule has 0 aliphatic rings. The van der Waals surface area contributed by atoms with Crippen LogP contribution in [0.4, 0.5) is 30.7 Å². The van der Waals surface area contributed by atoms with E-state index in [0.717, 1.165) is 0 Å². The van der Waals surface area contributed by atoms with E-state index in [1.165, 1.54) is 24.3 Å². The number of benzene rings is 2. The third kappa shape index (κ3) is 3.68. The van der Waals surface area contributed by atoms with Crippen LogP contribution >= 0.6 is 43.5 Å². The summed E-state index contributed by atoms with van der Waals surface area (Å²) in [5, 5.41) is -6.67. The first-order valence-corrected chi connectivity index (χ1v) is 10.2. The van der Waals surface area contributed by atoms with E-state index < -0.39 is 37.6 Å². The average molecular weight is 578 g/mol. The van der Waals surface area contributed by atoms with Crippen LogP contribution in [0.5, 0.6) is 0 Å². The van der Waals surface area contributed by atoms with Gasteiger partial charge in [0.15, 0.2) is 0 Å². The first-order valence-electron chi connectivity index (χ1n) is 6.79. The first-order chi connectivity index (χ1) is 12.6. The highest BCUT2D eigenvalue weighted by atomic mass is 79.9. The lowest BCUT2D eigenvalue weighted by atomic mass is 10.1. The van der Waals surface area contributed by atoms with Gasteiger partial charge >= 0.3 is 17.4 Å². The fourth-order valence-corrected chi connectivity index (χ4v) is 5.43. The molecule has 0 bridgehead atoms. The van der Waals surface area contributed by atoms with Crippen molar-refractivity contribution in [1.82, 2.24) is 0 Å². The summed E-state index contributed by atoms with van der Waals surface area (Å²) in [6.45, 7) is 0. The molecule has 13 heteroatoms. The van der Waals surface area contributed by atoms with Gasteiger partial charge in [-0.3, -0.25) is 0 Å². The second kappa shape index (κ2) is 7.44. The van der Waals surface area contributed by atoms with E-state index in [4.69, 9.17) is 11.6 Å². The zero-order valence-electron chi connectivity index (χ0n) is 12.9. The van der Waals surface area contributed by atoms with Crippen molar-refractivity contribution < 1.29 is 39.2 Å². The molecule has 0 aliphatic heterocycles. The summed E-state index contributed by atoms with van der Waals surface area (Å²) >= 11 is 11.5. The molecule has 0 N–H and O–H groups in total. The molecule has 0 saturated heterocycles. The maximum atomic E-state index is 14.1. The van der Waals surface area contributed by atoms with E-state index in [-0.39, 0.29) is 19.5 Å². The number of alkyl halides is 7. The molecule has 2 nitrogen and oxygen atoms in total. The minimum absolute atomic E-state index is 0.165. The van der Waals surface area contributed by atoms with Gasteiger partial charge in [0.25, 0.3) is 9.84 Å². The Labute approximate surface area is 175 Å². The number of rotatable bonds is 4. The molecule has 0 atom stereocenters. The molecule has 0 spiro atoms. The second-order valence-corrected chi connectivity index (χ2v) is 9.26. The summed E-state index contributed by atoms with van der Waals surface area (Å²) in [6.07, 6.45) is -6.82. The van der Waals surface area contributed by atoms with Gasteiger partial charge in [0, 0.05) is 31.2 Å². The topological polar surface area (TPSA) is 34.1 Å². The van der Waals surface area contributed by atoms with Gasteiger partial charge in [0.2, 0.25) is 0 Å². The van der Waals surface area contributed by atoms with Crippen LogP contribution in [0.15, 0.2) is 44.2 Å². The quantitative estimate of drug-likeness (QED) is 0.371. The Morgan fingerprint density at radius 3 is 2.00 bits per heavy atom. The lowest BCUT2D eigenvalue weighted by Gasteiger charge is -2.28. The third-order valence-corrected chi connectivity index (χ3v) is 6.63. The van der Waals surface area contributed by atoms with Crippen molar-refractivity contribution in [2.45, 2.75) is 22.2 Å². The molecule has 0 aromatic heterocycles. The minimum Gasteiger partial charge on any atom is -0.217 e. The van der Waals surface area contributed by atoms with Gasteiger partial charge in [0.1, 0.15) is 0 Å². The highest BCUT2D eigenvalue weighted by molar-refractivity contribution is 9.11. The van der Waals surface area contributed by atoms with Crippen LogP contribution in [-0.4, -0.2) is 25.8 Å². The van der Waals surface area contributed by atoms with Crippen molar-refractivity contribution in [2.75, 3.05) is 0 Å². The van der Waals surface area contributed by atoms with E-state index in [1.54, 1.807) is 0 Å². The molecule has 1 radical (unpaired) electrons. The van der Waals surface area contributed by atoms with E-state index in [9.17, 15) is 39.2 Å². The number of halogens is 10. The molecule has 0 heterocycles. The van der Waals surface area contributed by atoms with Crippen molar-refractivity contribution in [3.05, 3.63) is 50.4 Å². The van der Waals surface area contributed by atoms with Crippen LogP contribution in [0.1, 0.15) is 0 Å². The van der Waals surface area contributed by atoms with Crippen LogP contribution in [0.3, 0.4) is 0 Å². The van der Waals surface area contributed by atoms with Gasteiger partial charge < -0.3 is 0 Å². The molecule has 153 valence electrons. The van der Waals surface area contributed by atoms with Crippen molar-refractivity contribution >= 4 is 53.3 Å². The van der Waals surface area contributed by atoms with Crippen molar-refractivity contribution in [1.29, 1.82) is 0 Å². The molecule has 2 aromatic rings. The fourth-order valence-electron chi connectivity index (χ4n) is 2.10. The van der Waals surface area contributed by atoms with E-state index in [1.807, 2.05) is 0 Å². The predicted octanol–water partition coefficient (Wildman–Crippen LogP) is 6.90. The Morgan fingerprint density at radius 2 is 1.50 bits per heavy atom. The van der Waals surface area contributed by atoms with Crippen molar-refractivity contribution in [3.63, 3.8) is 0 Å². The van der Waals surface area contributed by atoms with Gasteiger partial charge in [-0.15, -0.1) is 0 Å². The SMILES string of the molecule is O=S(=O)(c1cc(Br)[c]c(Br)c1-c1ccccc1Cl)C(F)(F)C(F)(F)C(F)(F)F. The molecule has 0 amide bonds. The first kappa shape index (κ1) is 23.4. The second-order valence-electron chi connectivity index (χ2n) is 5.24. The summed E-state index contributed by atoms with van der Waals surface area (Å²) in [5.74, 6) is -6.85. The Balaban J connectivity index is 2.90. The Kier molecular flexibility index (Phi) is 6.23. The zero-order chi connectivity index (χ0) is 21.7. The summed E-state index contributed by atoms with van der Waals surface area (Å²) < 4.78 is 116. The molecule has 0 fully saturated rings. The van der Waals surface area contributed by atoms with Gasteiger partial charge in [-0.25, -0.2) is 8.42 Å². The lowest BCUT2D eigenvalue weighted by molar-refractivity contribution is -0.332. The van der Waals surface area contributed by atoms with E-state index >= 15 is 0 Å². The van der Waals surface area contributed by atoms with Gasteiger partial charge in [0.05, 0.1) is 4.90 Å². The Morgan fingerprint density at radius 1 is 0.964 bits per heavy atom. The molecule has 28 heavy (non-hydrogen) atoms. The highest BCUT2D eigenvalue weighted by Crippen LogP contribution is 2.53. The number of hydrogen-bond donors (Lipinski definition) is 0. The van der Waals surface area contributed by atoms with Gasteiger partial charge in [-0.1, -0.05) is 45.7 Å². The fraction of sp³-hybridized carbons (Fsp3) is 0.200. The number of sulfone groups is 1. The predicted molar refractivity (Wildman–Crippen MR) is 94.3 cm³/mol. The summed E-state index contributed by atoms with van der Waals surface area (Å²) in [5.41, 5.74) is -0.851. The van der Waals surface area contributed by atoms with Crippen LogP contribution in [-0.2, 0) is 9.84 Å². The highest BCUT2D eigenvalue weighted by Gasteiger charge is 2.78. The minimum atomic E-state index is -6.85. The van der Waals surface area contributed by atoms with Crippen molar-refractivity contribution in [3.8, 4) is 11.1 Å². The van der Waals surface area contributed by atoms with Crippen LogP contribution in [0.25, 0.3) is 11.1 Å². The maximum absolute atomic E-state index is 14.1. The molecule has 0 unspecified atom stereocenters. The monoisotopic (exact) mass is 575 g/mol. The molecule has 2 aromatic carbocycles. The summed E-state index contributed by atoms with van der Waals surface area (Å²) in [7, 11) is -6.56. The largest absolute Gasteiger partial charge is 0.461 e. The molecular formula is C15H5Br2ClF7O2S. The summed E-state index contributed by atoms with van der Waals surface area (Å²) in [6, 6.07) is 8.04. The van der Waals surface area contributed by atoms with Gasteiger partial charge in [-0.05, 0) is 28.1 Å². The van der Waals surface area contributed by atoms with Gasteiger partial charge in [-0.2, -0.15) is 30.7 Å². The van der Waals surface area contributed by atoms with Crippen molar-refractivity contribution in [2.24, 2.45) is 0 Å². The lowest BCUT2D eigenvalue weighted by Crippen LogP contribution is -2.56. The summed E-state index contributed by atoms with van der Waals surface area (Å²) in [4.78, 5) is -1.49. The maximum Gasteiger partial charge on any atom is 0.461 e. The van der Waals surface area contributed by atoms with E-state index in [2.05, 4.69) is 37.9 Å². The Hall–Kier alpha value is -0.850. The van der Waals surface area contributed by atoms with Crippen LogP contribution < -0.4 is 0 Å². The molecule has 2 rings (SSSR count). The standard InChI is InChI=1S/C15H5Br2ClF7O2S/c16-7-5-9(17)12(8-3-1-2-4-10(8)18)11(6-7)28(26,27)15(24,25)13(19,20)14(21,22)23/h1-4,6H.